The molecule has 1 aromatic rings. The topological polar surface area (TPSA) is 40.5 Å². The summed E-state index contributed by atoms with van der Waals surface area (Å²) < 4.78 is 12.6. The Morgan fingerprint density at radius 3 is 2.53 bits per heavy atom. The molecule has 0 aliphatic carbocycles. The average molecular weight is 232 g/mol. The molecule has 1 rings (SSSR count). The number of carboxylic acid groups (broad SMARTS) is 1. The lowest BCUT2D eigenvalue weighted by molar-refractivity contribution is -0.136. The number of carboxylic acids is 1. The Bertz CT molecular complexity index is 342. The first-order chi connectivity index (χ1) is 7.00. The Morgan fingerprint density at radius 1 is 1.53 bits per heavy atom. The van der Waals surface area contributed by atoms with Crippen molar-refractivity contribution in [2.75, 3.05) is 18.5 Å². The average Bonchev–Trinajstić information content (AvgIpc) is 2.18. The Morgan fingerprint density at radius 2 is 2.07 bits per heavy atom. The summed E-state index contributed by atoms with van der Waals surface area (Å²) in [6, 6.07) is 5.77. The molecule has 0 spiro atoms. The van der Waals surface area contributed by atoms with Crippen molar-refractivity contribution in [3.8, 4) is 0 Å². The van der Waals surface area contributed by atoms with Crippen LogP contribution in [0.15, 0.2) is 24.3 Å². The molecule has 0 amide bonds. The van der Waals surface area contributed by atoms with E-state index in [1.54, 1.807) is 24.1 Å². The summed E-state index contributed by atoms with van der Waals surface area (Å²) in [4.78, 5) is 12.2. The molecule has 0 fully saturated rings. The van der Waals surface area contributed by atoms with Gasteiger partial charge in [-0.05, 0) is 24.3 Å². The third-order valence-corrected chi connectivity index (χ3v) is 2.29. The number of carbonyl (C=O) groups is 1. The molecule has 3 nitrogen and oxygen atoms in total. The van der Waals surface area contributed by atoms with E-state index in [4.69, 9.17) is 16.7 Å². The van der Waals surface area contributed by atoms with Crippen molar-refractivity contribution >= 4 is 23.3 Å². The minimum Gasteiger partial charge on any atom is -0.480 e. The molecule has 1 aromatic carbocycles. The molecule has 1 atom stereocenters. The van der Waals surface area contributed by atoms with Gasteiger partial charge in [-0.1, -0.05) is 0 Å². The number of aliphatic carboxylic acids is 1. The summed E-state index contributed by atoms with van der Waals surface area (Å²) >= 11 is 5.58. The molecule has 1 unspecified atom stereocenters. The van der Waals surface area contributed by atoms with Crippen LogP contribution in [0.5, 0.6) is 0 Å². The van der Waals surface area contributed by atoms with Crippen LogP contribution in [0.1, 0.15) is 0 Å². The first-order valence-corrected chi connectivity index (χ1v) is 4.78. The maximum atomic E-state index is 12.6. The minimum absolute atomic E-state index is 0.169. The third-order valence-electron chi connectivity index (χ3n) is 1.97. The van der Waals surface area contributed by atoms with E-state index in [-0.39, 0.29) is 12.4 Å². The van der Waals surface area contributed by atoms with Crippen molar-refractivity contribution in [3.05, 3.63) is 30.1 Å². The summed E-state index contributed by atoms with van der Waals surface area (Å²) in [7, 11) is 1.70. The SMILES string of the molecule is CN(CC(Cl)C(=O)O)c1ccc(F)cc1. The zero-order chi connectivity index (χ0) is 11.4. The van der Waals surface area contributed by atoms with Gasteiger partial charge in [0.1, 0.15) is 11.2 Å². The molecular formula is C10H11ClFNO2. The van der Waals surface area contributed by atoms with Crippen molar-refractivity contribution in [2.24, 2.45) is 0 Å². The summed E-state index contributed by atoms with van der Waals surface area (Å²) in [6.07, 6.45) is 0. The molecule has 15 heavy (non-hydrogen) atoms. The van der Waals surface area contributed by atoms with Crippen molar-refractivity contribution < 1.29 is 14.3 Å². The lowest BCUT2D eigenvalue weighted by Gasteiger charge is -2.20. The van der Waals surface area contributed by atoms with E-state index in [0.29, 0.717) is 0 Å². The second kappa shape index (κ2) is 4.98. The number of hydrogen-bond donors (Lipinski definition) is 1. The number of hydrogen-bond acceptors (Lipinski definition) is 2. The van der Waals surface area contributed by atoms with Crippen molar-refractivity contribution in [1.29, 1.82) is 0 Å². The van der Waals surface area contributed by atoms with Gasteiger partial charge in [-0.3, -0.25) is 4.79 Å². The monoisotopic (exact) mass is 231 g/mol. The lowest BCUT2D eigenvalue weighted by Crippen LogP contribution is -2.30. The second-order valence-electron chi connectivity index (χ2n) is 3.16. The molecular weight excluding hydrogens is 221 g/mol. The largest absolute Gasteiger partial charge is 0.480 e. The highest BCUT2D eigenvalue weighted by molar-refractivity contribution is 6.30. The van der Waals surface area contributed by atoms with Gasteiger partial charge in [-0.15, -0.1) is 11.6 Å². The number of halogens is 2. The van der Waals surface area contributed by atoms with Gasteiger partial charge >= 0.3 is 5.97 Å². The second-order valence-corrected chi connectivity index (χ2v) is 3.69. The van der Waals surface area contributed by atoms with Crippen LogP contribution in [0.2, 0.25) is 0 Å². The van der Waals surface area contributed by atoms with Crippen LogP contribution in [-0.4, -0.2) is 30.0 Å². The fourth-order valence-corrected chi connectivity index (χ4v) is 1.33. The van der Waals surface area contributed by atoms with Crippen LogP contribution < -0.4 is 4.90 Å². The van der Waals surface area contributed by atoms with Crippen LogP contribution in [0.25, 0.3) is 0 Å². The highest BCUT2D eigenvalue weighted by Gasteiger charge is 2.16. The van der Waals surface area contributed by atoms with E-state index >= 15 is 0 Å². The van der Waals surface area contributed by atoms with E-state index in [0.717, 1.165) is 5.69 Å². The lowest BCUT2D eigenvalue weighted by atomic mass is 10.2. The molecule has 0 saturated heterocycles. The van der Waals surface area contributed by atoms with Crippen LogP contribution in [-0.2, 0) is 4.79 Å². The summed E-state index contributed by atoms with van der Waals surface area (Å²) in [5.41, 5.74) is 0.725. The highest BCUT2D eigenvalue weighted by atomic mass is 35.5. The fourth-order valence-electron chi connectivity index (χ4n) is 1.12. The zero-order valence-electron chi connectivity index (χ0n) is 8.15. The molecule has 5 heteroatoms. The van der Waals surface area contributed by atoms with Gasteiger partial charge in [-0.2, -0.15) is 0 Å². The number of anilines is 1. The standard InChI is InChI=1S/C10H11ClFNO2/c1-13(6-9(11)10(14)15)8-4-2-7(12)3-5-8/h2-5,9H,6H2,1H3,(H,14,15). The van der Waals surface area contributed by atoms with Crippen LogP contribution in [0.4, 0.5) is 10.1 Å². The van der Waals surface area contributed by atoms with Gasteiger partial charge in [0.05, 0.1) is 0 Å². The maximum Gasteiger partial charge on any atom is 0.323 e. The molecule has 0 aromatic heterocycles. The first kappa shape index (κ1) is 11.8. The minimum atomic E-state index is -1.06. The Hall–Kier alpha value is -1.29. The van der Waals surface area contributed by atoms with Crippen LogP contribution in [0.3, 0.4) is 0 Å². The third kappa shape index (κ3) is 3.40. The normalized spacial score (nSPS) is 12.2. The molecule has 0 radical (unpaired) electrons. The Balaban J connectivity index is 2.64. The highest BCUT2D eigenvalue weighted by Crippen LogP contribution is 2.14. The fraction of sp³-hybridized carbons (Fsp3) is 0.300. The summed E-state index contributed by atoms with van der Waals surface area (Å²) in [5.74, 6) is -1.39. The van der Waals surface area contributed by atoms with Gasteiger partial charge < -0.3 is 10.0 Å². The van der Waals surface area contributed by atoms with Crippen LogP contribution in [0, 0.1) is 5.82 Å². The first-order valence-electron chi connectivity index (χ1n) is 4.34. The van der Waals surface area contributed by atoms with Crippen molar-refractivity contribution in [1.82, 2.24) is 0 Å². The van der Waals surface area contributed by atoms with Crippen molar-refractivity contribution in [3.63, 3.8) is 0 Å². The van der Waals surface area contributed by atoms with Gasteiger partial charge in [0.25, 0.3) is 0 Å². The van der Waals surface area contributed by atoms with E-state index in [9.17, 15) is 9.18 Å². The molecule has 0 heterocycles. The van der Waals surface area contributed by atoms with E-state index in [2.05, 4.69) is 0 Å². The predicted molar refractivity (Wildman–Crippen MR) is 56.9 cm³/mol. The molecule has 0 saturated carbocycles. The predicted octanol–water partition coefficient (Wildman–Crippen LogP) is 1.95. The number of nitrogens with zero attached hydrogens (tertiary/aromatic N) is 1. The smallest absolute Gasteiger partial charge is 0.323 e. The van der Waals surface area contributed by atoms with Gasteiger partial charge in [0.15, 0.2) is 0 Å². The van der Waals surface area contributed by atoms with E-state index < -0.39 is 11.3 Å². The quantitative estimate of drug-likeness (QED) is 0.806. The Kier molecular flexibility index (Phi) is 3.91. The van der Waals surface area contributed by atoms with E-state index in [1.807, 2.05) is 0 Å². The molecule has 0 aliphatic heterocycles. The van der Waals surface area contributed by atoms with Crippen molar-refractivity contribution in [2.45, 2.75) is 5.38 Å². The number of alkyl halides is 1. The number of benzene rings is 1. The maximum absolute atomic E-state index is 12.6. The van der Waals surface area contributed by atoms with Gasteiger partial charge in [0, 0.05) is 19.3 Å². The molecule has 0 bridgehead atoms. The molecule has 82 valence electrons. The van der Waals surface area contributed by atoms with Gasteiger partial charge in [-0.25, -0.2) is 4.39 Å². The summed E-state index contributed by atoms with van der Waals surface area (Å²) in [6.45, 7) is 0.169. The zero-order valence-corrected chi connectivity index (χ0v) is 8.91. The van der Waals surface area contributed by atoms with Crippen LogP contribution >= 0.6 is 11.6 Å². The number of rotatable bonds is 4. The molecule has 1 N–H and O–H groups in total. The van der Waals surface area contributed by atoms with Gasteiger partial charge in [0.2, 0.25) is 0 Å². The molecule has 0 aliphatic rings. The van der Waals surface area contributed by atoms with E-state index in [1.165, 1.54) is 12.1 Å². The Labute approximate surface area is 92.1 Å². The summed E-state index contributed by atoms with van der Waals surface area (Å²) in [5, 5.41) is 7.63.